The molecule has 0 aliphatic carbocycles. The molecule has 2 N–H and O–H groups in total. The number of likely N-dealkylation sites (tertiary alicyclic amines) is 1. The van der Waals surface area contributed by atoms with Crippen LogP contribution in [0.5, 0.6) is 0 Å². The molecule has 2 heterocycles. The van der Waals surface area contributed by atoms with Crippen molar-refractivity contribution >= 4 is 18.3 Å². The first kappa shape index (κ1) is 17.5. The van der Waals surface area contributed by atoms with Gasteiger partial charge in [-0.05, 0) is 24.9 Å². The van der Waals surface area contributed by atoms with Gasteiger partial charge < -0.3 is 10.6 Å². The molecule has 23 heavy (non-hydrogen) atoms. The number of amides is 1. The molecule has 6 heteroatoms. The Kier molecular flexibility index (Phi) is 5.44. The summed E-state index contributed by atoms with van der Waals surface area (Å²) in [4.78, 5) is 14.7. The predicted octanol–water partition coefficient (Wildman–Crippen LogP) is 1.96. The molecule has 1 aliphatic heterocycles. The molecule has 0 spiro atoms. The maximum atomic E-state index is 12.8. The van der Waals surface area contributed by atoms with Gasteiger partial charge in [0.15, 0.2) is 0 Å². The maximum Gasteiger partial charge on any atom is 0.257 e. The number of benzene rings is 1. The fourth-order valence-corrected chi connectivity index (χ4v) is 3.23. The molecule has 0 saturated carbocycles. The van der Waals surface area contributed by atoms with Crippen molar-refractivity contribution in [3.63, 3.8) is 0 Å². The molecular formula is C17H23ClN4O. The van der Waals surface area contributed by atoms with E-state index >= 15 is 0 Å². The first-order valence-electron chi connectivity index (χ1n) is 7.64. The number of rotatable bonds is 3. The van der Waals surface area contributed by atoms with E-state index in [2.05, 4.69) is 17.2 Å². The number of nitrogens with two attached hydrogens (primary N) is 1. The van der Waals surface area contributed by atoms with Gasteiger partial charge in [-0.15, -0.1) is 12.4 Å². The minimum absolute atomic E-state index is 0. The summed E-state index contributed by atoms with van der Waals surface area (Å²) in [5.74, 6) is 0.679. The summed E-state index contributed by atoms with van der Waals surface area (Å²) in [7, 11) is 1.85. The highest BCUT2D eigenvalue weighted by molar-refractivity contribution is 5.95. The van der Waals surface area contributed by atoms with Crippen LogP contribution in [-0.4, -0.2) is 40.2 Å². The van der Waals surface area contributed by atoms with Crippen LogP contribution < -0.4 is 5.73 Å². The fourth-order valence-electron chi connectivity index (χ4n) is 3.23. The van der Waals surface area contributed by atoms with Crippen molar-refractivity contribution in [2.24, 2.45) is 18.7 Å². The summed E-state index contributed by atoms with van der Waals surface area (Å²) in [6.07, 6.45) is 1.66. The van der Waals surface area contributed by atoms with Gasteiger partial charge in [-0.2, -0.15) is 5.10 Å². The SMILES string of the molecule is Cc1c(C(=O)N2C[C@@H](CN)[C@H](c3ccccc3)C2)cnn1C.Cl. The number of nitrogens with zero attached hydrogens (tertiary/aromatic N) is 3. The van der Waals surface area contributed by atoms with Crippen molar-refractivity contribution in [1.82, 2.24) is 14.7 Å². The molecule has 1 aliphatic rings. The number of aryl methyl sites for hydroxylation is 1. The van der Waals surface area contributed by atoms with Crippen LogP contribution in [-0.2, 0) is 7.05 Å². The van der Waals surface area contributed by atoms with Gasteiger partial charge in [0.05, 0.1) is 11.8 Å². The monoisotopic (exact) mass is 334 g/mol. The summed E-state index contributed by atoms with van der Waals surface area (Å²) in [6.45, 7) is 3.95. The van der Waals surface area contributed by atoms with E-state index in [4.69, 9.17) is 5.73 Å². The lowest BCUT2D eigenvalue weighted by molar-refractivity contribution is 0.0785. The lowest BCUT2D eigenvalue weighted by atomic mass is 9.89. The van der Waals surface area contributed by atoms with Crippen molar-refractivity contribution in [3.8, 4) is 0 Å². The molecule has 1 aromatic heterocycles. The molecule has 3 rings (SSSR count). The summed E-state index contributed by atoms with van der Waals surface area (Å²) < 4.78 is 1.73. The number of hydrogen-bond acceptors (Lipinski definition) is 3. The van der Waals surface area contributed by atoms with Crippen LogP contribution in [0.4, 0.5) is 0 Å². The zero-order chi connectivity index (χ0) is 15.7. The second-order valence-corrected chi connectivity index (χ2v) is 5.99. The van der Waals surface area contributed by atoms with Gasteiger partial charge in [0.2, 0.25) is 0 Å². The average molecular weight is 335 g/mol. The lowest BCUT2D eigenvalue weighted by Gasteiger charge is -2.16. The van der Waals surface area contributed by atoms with Gasteiger partial charge in [0, 0.05) is 31.7 Å². The third-order valence-electron chi connectivity index (χ3n) is 4.72. The molecule has 2 aromatic rings. The number of aromatic nitrogens is 2. The van der Waals surface area contributed by atoms with Crippen molar-refractivity contribution < 1.29 is 4.79 Å². The molecule has 0 bridgehead atoms. The van der Waals surface area contributed by atoms with E-state index in [9.17, 15) is 4.79 Å². The number of carbonyl (C=O) groups is 1. The molecule has 124 valence electrons. The smallest absolute Gasteiger partial charge is 0.257 e. The molecule has 1 fully saturated rings. The quantitative estimate of drug-likeness (QED) is 0.933. The van der Waals surface area contributed by atoms with Crippen molar-refractivity contribution in [1.29, 1.82) is 0 Å². The van der Waals surface area contributed by atoms with E-state index in [-0.39, 0.29) is 18.3 Å². The highest BCUT2D eigenvalue weighted by Crippen LogP contribution is 2.32. The topological polar surface area (TPSA) is 64.2 Å². The van der Waals surface area contributed by atoms with Gasteiger partial charge in [-0.3, -0.25) is 9.48 Å². The minimum atomic E-state index is 0. The molecular weight excluding hydrogens is 312 g/mol. The largest absolute Gasteiger partial charge is 0.338 e. The third-order valence-corrected chi connectivity index (χ3v) is 4.72. The van der Waals surface area contributed by atoms with Gasteiger partial charge in [-0.25, -0.2) is 0 Å². The van der Waals surface area contributed by atoms with E-state index in [1.807, 2.05) is 37.1 Å². The summed E-state index contributed by atoms with van der Waals surface area (Å²) in [5.41, 5.74) is 8.79. The summed E-state index contributed by atoms with van der Waals surface area (Å²) in [5, 5.41) is 4.17. The first-order valence-corrected chi connectivity index (χ1v) is 7.64. The molecule has 0 unspecified atom stereocenters. The normalized spacial score (nSPS) is 20.4. The zero-order valence-electron chi connectivity index (χ0n) is 13.5. The van der Waals surface area contributed by atoms with Crippen LogP contribution in [0.15, 0.2) is 36.5 Å². The van der Waals surface area contributed by atoms with Crippen LogP contribution in [0.1, 0.15) is 27.5 Å². The summed E-state index contributed by atoms with van der Waals surface area (Å²) in [6, 6.07) is 10.3. The Morgan fingerprint density at radius 1 is 1.30 bits per heavy atom. The van der Waals surface area contributed by atoms with E-state index < -0.39 is 0 Å². The molecule has 5 nitrogen and oxygen atoms in total. The number of halogens is 1. The molecule has 2 atom stereocenters. The van der Waals surface area contributed by atoms with Gasteiger partial charge in [-0.1, -0.05) is 30.3 Å². The van der Waals surface area contributed by atoms with E-state index in [0.717, 1.165) is 12.2 Å². The minimum Gasteiger partial charge on any atom is -0.338 e. The third kappa shape index (κ3) is 3.26. The van der Waals surface area contributed by atoms with Crippen molar-refractivity contribution in [2.75, 3.05) is 19.6 Å². The van der Waals surface area contributed by atoms with Crippen LogP contribution in [0.2, 0.25) is 0 Å². The van der Waals surface area contributed by atoms with Gasteiger partial charge in [0.25, 0.3) is 5.91 Å². The van der Waals surface area contributed by atoms with Crippen LogP contribution in [0.25, 0.3) is 0 Å². The molecule has 0 radical (unpaired) electrons. The Bertz CT molecular complexity index is 670. The Hall–Kier alpha value is -1.85. The van der Waals surface area contributed by atoms with Crippen molar-refractivity contribution in [3.05, 3.63) is 53.3 Å². The second kappa shape index (κ2) is 7.15. The summed E-state index contributed by atoms with van der Waals surface area (Å²) >= 11 is 0. The molecule has 1 aromatic carbocycles. The molecule has 1 amide bonds. The molecule has 1 saturated heterocycles. The lowest BCUT2D eigenvalue weighted by Crippen LogP contribution is -2.30. The standard InChI is InChI=1S/C17H22N4O.ClH/c1-12-15(9-19-20(12)2)17(22)21-10-14(8-18)16(11-21)13-6-4-3-5-7-13;/h3-7,9,14,16H,8,10-11,18H2,1-2H3;1H/t14-,16+;/m1./s1. The Labute approximate surface area is 142 Å². The maximum absolute atomic E-state index is 12.8. The van der Waals surface area contributed by atoms with Gasteiger partial charge >= 0.3 is 0 Å². The van der Waals surface area contributed by atoms with Gasteiger partial charge in [0.1, 0.15) is 0 Å². The number of hydrogen-bond donors (Lipinski definition) is 1. The average Bonchev–Trinajstić information content (AvgIpc) is 3.12. The van der Waals surface area contributed by atoms with Crippen LogP contribution in [0.3, 0.4) is 0 Å². The van der Waals surface area contributed by atoms with E-state index in [0.29, 0.717) is 30.5 Å². The second-order valence-electron chi connectivity index (χ2n) is 5.99. The first-order chi connectivity index (χ1) is 10.6. The fraction of sp³-hybridized carbons (Fsp3) is 0.412. The van der Waals surface area contributed by atoms with E-state index in [1.54, 1.807) is 10.9 Å². The van der Waals surface area contributed by atoms with Crippen LogP contribution in [0, 0.1) is 12.8 Å². The zero-order valence-corrected chi connectivity index (χ0v) is 14.3. The highest BCUT2D eigenvalue weighted by Gasteiger charge is 2.36. The Morgan fingerprint density at radius 3 is 2.57 bits per heavy atom. The highest BCUT2D eigenvalue weighted by atomic mass is 35.5. The predicted molar refractivity (Wildman–Crippen MR) is 92.8 cm³/mol. The number of carbonyl (C=O) groups excluding carboxylic acids is 1. The Balaban J connectivity index is 0.00000192. The van der Waals surface area contributed by atoms with Crippen molar-refractivity contribution in [2.45, 2.75) is 12.8 Å². The Morgan fingerprint density at radius 2 is 2.00 bits per heavy atom. The van der Waals surface area contributed by atoms with Crippen LogP contribution >= 0.6 is 12.4 Å². The van der Waals surface area contributed by atoms with E-state index in [1.165, 1.54) is 5.56 Å².